The number of halogens is 2. The average Bonchev–Trinajstić information content (AvgIpc) is 2.98. The summed E-state index contributed by atoms with van der Waals surface area (Å²) in [5.74, 6) is -1.23. The maximum Gasteiger partial charge on any atom is 0.246 e. The zero-order valence-electron chi connectivity index (χ0n) is 15.4. The molecule has 2 saturated heterocycles. The molecule has 0 aliphatic carbocycles. The Balaban J connectivity index is 1.80. The van der Waals surface area contributed by atoms with Crippen molar-refractivity contribution in [2.24, 2.45) is 0 Å². The summed E-state index contributed by atoms with van der Waals surface area (Å²) in [6, 6.07) is 2.71. The van der Waals surface area contributed by atoms with E-state index in [1.807, 2.05) is 0 Å². The zero-order chi connectivity index (χ0) is 20.4. The molecule has 7 nitrogen and oxygen atoms in total. The van der Waals surface area contributed by atoms with Crippen molar-refractivity contribution in [1.82, 2.24) is 9.21 Å². The average molecular weight is 455 g/mol. The number of nitrogens with zero attached hydrogens (tertiary/aromatic N) is 2. The minimum Gasteiger partial charge on any atom is -0.379 e. The molecule has 0 amide bonds. The van der Waals surface area contributed by atoms with Gasteiger partial charge in [0.05, 0.1) is 24.7 Å². The number of morpholine rings is 1. The summed E-state index contributed by atoms with van der Waals surface area (Å²) in [6.07, 6.45) is 0.735. The zero-order valence-corrected chi connectivity index (χ0v) is 17.8. The van der Waals surface area contributed by atoms with Crippen molar-refractivity contribution in [2.75, 3.05) is 50.9 Å². The maximum atomic E-state index is 14.3. The molecule has 0 spiro atoms. The normalized spacial score (nSPS) is 23.3. The van der Waals surface area contributed by atoms with Crippen LogP contribution in [-0.4, -0.2) is 83.0 Å². The molecule has 2 aliphatic heterocycles. The second-order valence-electron chi connectivity index (χ2n) is 7.05. The summed E-state index contributed by atoms with van der Waals surface area (Å²) in [7, 11) is -7.49. The van der Waals surface area contributed by atoms with Crippen LogP contribution in [0.2, 0.25) is 5.02 Å². The molecule has 1 aromatic carbocycles. The van der Waals surface area contributed by atoms with Crippen LogP contribution in [0.25, 0.3) is 0 Å². The molecule has 2 aliphatic rings. The third-order valence-corrected chi connectivity index (χ3v) is 9.02. The van der Waals surface area contributed by atoms with E-state index >= 15 is 0 Å². The molecule has 1 aromatic rings. The second kappa shape index (κ2) is 8.93. The Hall–Kier alpha value is -0.780. The van der Waals surface area contributed by atoms with Crippen molar-refractivity contribution < 1.29 is 26.0 Å². The minimum absolute atomic E-state index is 0.0593. The topological polar surface area (TPSA) is 84.0 Å². The van der Waals surface area contributed by atoms with Gasteiger partial charge in [0.15, 0.2) is 9.84 Å². The first kappa shape index (κ1) is 21.9. The van der Waals surface area contributed by atoms with Crippen LogP contribution in [0.4, 0.5) is 4.39 Å². The maximum absolute atomic E-state index is 14.3. The van der Waals surface area contributed by atoms with Gasteiger partial charge in [-0.25, -0.2) is 21.2 Å². The van der Waals surface area contributed by atoms with E-state index in [4.69, 9.17) is 16.3 Å². The molecule has 0 saturated carbocycles. The first-order valence-corrected chi connectivity index (χ1v) is 12.8. The van der Waals surface area contributed by atoms with Crippen LogP contribution in [0.3, 0.4) is 0 Å². The molecule has 2 heterocycles. The van der Waals surface area contributed by atoms with E-state index in [9.17, 15) is 21.2 Å². The highest BCUT2D eigenvalue weighted by Gasteiger charge is 2.39. The van der Waals surface area contributed by atoms with Gasteiger partial charge in [0, 0.05) is 30.7 Å². The highest BCUT2D eigenvalue weighted by Crippen LogP contribution is 2.28. The smallest absolute Gasteiger partial charge is 0.246 e. The van der Waals surface area contributed by atoms with E-state index in [0.717, 1.165) is 29.5 Å². The lowest BCUT2D eigenvalue weighted by Crippen LogP contribution is -2.43. The van der Waals surface area contributed by atoms with E-state index < -0.39 is 36.6 Å². The summed E-state index contributed by atoms with van der Waals surface area (Å²) in [5.41, 5.74) is 0. The summed E-state index contributed by atoms with van der Waals surface area (Å²) in [6.45, 7) is 3.62. The predicted molar refractivity (Wildman–Crippen MR) is 104 cm³/mol. The standard InChI is InChI=1S/C17H24ClFN2O5S2/c18-14-2-3-17(16(19)12-14)28(24,25)21(15-4-11-27(22,23)13-15)6-1-5-20-7-9-26-10-8-20/h2-3,12,15H,1,4-11,13H2. The molecule has 0 radical (unpaired) electrons. The van der Waals surface area contributed by atoms with Gasteiger partial charge in [0.1, 0.15) is 10.7 Å². The number of sulfone groups is 1. The molecule has 11 heteroatoms. The Labute approximate surface area is 170 Å². The lowest BCUT2D eigenvalue weighted by atomic mass is 10.2. The molecule has 0 aromatic heterocycles. The Morgan fingerprint density at radius 1 is 1.29 bits per heavy atom. The van der Waals surface area contributed by atoms with Crippen molar-refractivity contribution in [3.63, 3.8) is 0 Å². The largest absolute Gasteiger partial charge is 0.379 e. The van der Waals surface area contributed by atoms with Crippen molar-refractivity contribution in [2.45, 2.75) is 23.8 Å². The number of hydrogen-bond donors (Lipinski definition) is 0. The first-order valence-electron chi connectivity index (χ1n) is 9.16. The number of rotatable bonds is 7. The monoisotopic (exact) mass is 454 g/mol. The molecule has 2 fully saturated rings. The summed E-state index contributed by atoms with van der Waals surface area (Å²) < 4.78 is 70.9. The summed E-state index contributed by atoms with van der Waals surface area (Å²) in [4.78, 5) is 1.69. The molecule has 0 bridgehead atoms. The molecule has 3 rings (SSSR count). The highest BCUT2D eigenvalue weighted by molar-refractivity contribution is 7.92. The van der Waals surface area contributed by atoms with Gasteiger partial charge in [0.25, 0.3) is 0 Å². The van der Waals surface area contributed by atoms with Crippen LogP contribution in [0.15, 0.2) is 23.1 Å². The summed E-state index contributed by atoms with van der Waals surface area (Å²) in [5, 5.41) is 0.0961. The molecule has 28 heavy (non-hydrogen) atoms. The van der Waals surface area contributed by atoms with E-state index in [1.54, 1.807) is 0 Å². The lowest BCUT2D eigenvalue weighted by Gasteiger charge is -2.30. The second-order valence-corrected chi connectivity index (χ2v) is 11.6. The van der Waals surface area contributed by atoms with Gasteiger partial charge in [-0.15, -0.1) is 0 Å². The van der Waals surface area contributed by atoms with Crippen molar-refractivity contribution in [3.8, 4) is 0 Å². The van der Waals surface area contributed by atoms with Crippen LogP contribution in [0.1, 0.15) is 12.8 Å². The van der Waals surface area contributed by atoms with E-state index in [1.165, 1.54) is 6.07 Å². The van der Waals surface area contributed by atoms with Gasteiger partial charge in [0.2, 0.25) is 10.0 Å². The van der Waals surface area contributed by atoms with Crippen LogP contribution in [0.5, 0.6) is 0 Å². The fraction of sp³-hybridized carbons (Fsp3) is 0.647. The number of benzene rings is 1. The van der Waals surface area contributed by atoms with Gasteiger partial charge < -0.3 is 4.74 Å². The molecule has 1 atom stereocenters. The molecule has 1 unspecified atom stereocenters. The van der Waals surface area contributed by atoms with Crippen molar-refractivity contribution in [1.29, 1.82) is 0 Å². The van der Waals surface area contributed by atoms with E-state index in [2.05, 4.69) is 4.90 Å². The number of hydrogen-bond acceptors (Lipinski definition) is 6. The first-order chi connectivity index (χ1) is 13.2. The van der Waals surface area contributed by atoms with Crippen molar-refractivity contribution >= 4 is 31.5 Å². The Kier molecular flexibility index (Phi) is 6.99. The number of ether oxygens (including phenoxy) is 1. The van der Waals surface area contributed by atoms with Crippen molar-refractivity contribution in [3.05, 3.63) is 29.0 Å². The molecule has 0 N–H and O–H groups in total. The fourth-order valence-corrected chi connectivity index (χ4v) is 7.31. The Bertz CT molecular complexity index is 904. The third kappa shape index (κ3) is 5.22. The summed E-state index contributed by atoms with van der Waals surface area (Å²) >= 11 is 5.74. The minimum atomic E-state index is -4.19. The van der Waals surface area contributed by atoms with Crippen LogP contribution >= 0.6 is 11.6 Å². The van der Waals surface area contributed by atoms with E-state index in [-0.39, 0.29) is 29.5 Å². The van der Waals surface area contributed by atoms with Crippen LogP contribution < -0.4 is 0 Å². The van der Waals surface area contributed by atoms with Crippen LogP contribution in [-0.2, 0) is 24.6 Å². The number of sulfonamides is 1. The fourth-order valence-electron chi connectivity index (χ4n) is 3.59. The van der Waals surface area contributed by atoms with Crippen LogP contribution in [0, 0.1) is 5.82 Å². The Morgan fingerprint density at radius 2 is 2.00 bits per heavy atom. The van der Waals surface area contributed by atoms with Gasteiger partial charge in [-0.2, -0.15) is 4.31 Å². The quantitative estimate of drug-likeness (QED) is 0.619. The Morgan fingerprint density at radius 3 is 2.61 bits per heavy atom. The predicted octanol–water partition coefficient (Wildman–Crippen LogP) is 1.38. The van der Waals surface area contributed by atoms with Gasteiger partial charge >= 0.3 is 0 Å². The third-order valence-electron chi connectivity index (χ3n) is 5.05. The highest BCUT2D eigenvalue weighted by atomic mass is 35.5. The van der Waals surface area contributed by atoms with Gasteiger partial charge in [-0.3, -0.25) is 4.90 Å². The van der Waals surface area contributed by atoms with Gasteiger partial charge in [-0.05, 0) is 37.6 Å². The lowest BCUT2D eigenvalue weighted by molar-refractivity contribution is 0.0367. The van der Waals surface area contributed by atoms with E-state index in [0.29, 0.717) is 26.2 Å². The van der Waals surface area contributed by atoms with Gasteiger partial charge in [-0.1, -0.05) is 11.6 Å². The molecule has 158 valence electrons. The molecular formula is C17H24ClFN2O5S2. The SMILES string of the molecule is O=S1(=O)CCC(N(CCCN2CCOCC2)S(=O)(=O)c2ccc(Cl)cc2F)C1. The molecular weight excluding hydrogens is 431 g/mol.